The van der Waals surface area contributed by atoms with Crippen LogP contribution in [0, 0.1) is 0 Å². The first-order valence-electron chi connectivity index (χ1n) is 7.19. The molecule has 114 valence electrons. The number of hydrogen-bond acceptors (Lipinski definition) is 3. The summed E-state index contributed by atoms with van der Waals surface area (Å²) in [5, 5.41) is 2.71. The zero-order valence-electron chi connectivity index (χ0n) is 12.5. The molecule has 4 nitrogen and oxygen atoms in total. The predicted octanol–water partition coefficient (Wildman–Crippen LogP) is 2.72. The van der Waals surface area contributed by atoms with Gasteiger partial charge < -0.3 is 10.1 Å². The van der Waals surface area contributed by atoms with Crippen LogP contribution in [-0.2, 0) is 22.5 Å². The van der Waals surface area contributed by atoms with Gasteiger partial charge in [0.25, 0.3) is 0 Å². The lowest BCUT2D eigenvalue weighted by atomic mass is 10.1. The molecule has 0 radical (unpaired) electrons. The van der Waals surface area contributed by atoms with E-state index in [1.807, 2.05) is 42.5 Å². The van der Waals surface area contributed by atoms with Gasteiger partial charge in [0.15, 0.2) is 0 Å². The highest BCUT2D eigenvalue weighted by Crippen LogP contribution is 2.07. The van der Waals surface area contributed by atoms with Crippen LogP contribution in [0.25, 0.3) is 0 Å². The SMILES string of the molecule is CC(=O)NCc1ccc(C(=O)OCCc2ccccc2)cc1. The van der Waals surface area contributed by atoms with Crippen molar-refractivity contribution in [2.45, 2.75) is 19.9 Å². The number of nitrogens with one attached hydrogen (secondary N) is 1. The number of amides is 1. The van der Waals surface area contributed by atoms with E-state index in [1.54, 1.807) is 12.1 Å². The summed E-state index contributed by atoms with van der Waals surface area (Å²) in [5.41, 5.74) is 2.59. The molecule has 2 aromatic rings. The summed E-state index contributed by atoms with van der Waals surface area (Å²) in [6.07, 6.45) is 0.702. The summed E-state index contributed by atoms with van der Waals surface area (Å²) in [6, 6.07) is 16.9. The maximum Gasteiger partial charge on any atom is 0.338 e. The van der Waals surface area contributed by atoms with E-state index >= 15 is 0 Å². The van der Waals surface area contributed by atoms with Crippen molar-refractivity contribution in [1.82, 2.24) is 5.32 Å². The molecule has 0 atom stereocenters. The Balaban J connectivity index is 1.81. The monoisotopic (exact) mass is 297 g/mol. The molecular formula is C18H19NO3. The van der Waals surface area contributed by atoms with E-state index in [-0.39, 0.29) is 11.9 Å². The van der Waals surface area contributed by atoms with Crippen molar-refractivity contribution in [3.05, 3.63) is 71.3 Å². The fourth-order valence-corrected chi connectivity index (χ4v) is 1.97. The molecule has 2 aromatic carbocycles. The van der Waals surface area contributed by atoms with E-state index in [9.17, 15) is 9.59 Å². The molecule has 0 saturated heterocycles. The Morgan fingerprint density at radius 1 is 0.955 bits per heavy atom. The lowest BCUT2D eigenvalue weighted by Crippen LogP contribution is -2.18. The first-order valence-corrected chi connectivity index (χ1v) is 7.19. The van der Waals surface area contributed by atoms with Gasteiger partial charge >= 0.3 is 5.97 Å². The van der Waals surface area contributed by atoms with Gasteiger partial charge in [0.2, 0.25) is 5.91 Å². The summed E-state index contributed by atoms with van der Waals surface area (Å²) in [5.74, 6) is -0.411. The van der Waals surface area contributed by atoms with Crippen molar-refractivity contribution >= 4 is 11.9 Å². The first kappa shape index (κ1) is 15.8. The van der Waals surface area contributed by atoms with Gasteiger partial charge in [-0.15, -0.1) is 0 Å². The molecule has 0 saturated carbocycles. The predicted molar refractivity (Wildman–Crippen MR) is 84.4 cm³/mol. The quantitative estimate of drug-likeness (QED) is 0.834. The van der Waals surface area contributed by atoms with Crippen molar-refractivity contribution in [2.75, 3.05) is 6.61 Å². The number of carbonyl (C=O) groups is 2. The van der Waals surface area contributed by atoms with Crippen LogP contribution >= 0.6 is 0 Å². The molecule has 0 fully saturated rings. The lowest BCUT2D eigenvalue weighted by molar-refractivity contribution is -0.119. The van der Waals surface area contributed by atoms with Gasteiger partial charge in [-0.25, -0.2) is 4.79 Å². The number of esters is 1. The molecule has 0 bridgehead atoms. The summed E-state index contributed by atoms with van der Waals surface area (Å²) < 4.78 is 5.26. The molecule has 0 unspecified atom stereocenters. The lowest BCUT2D eigenvalue weighted by Gasteiger charge is -2.06. The molecule has 2 rings (SSSR count). The maximum atomic E-state index is 11.9. The number of rotatable bonds is 6. The highest BCUT2D eigenvalue weighted by molar-refractivity contribution is 5.89. The van der Waals surface area contributed by atoms with Crippen LogP contribution in [0.5, 0.6) is 0 Å². The average molecular weight is 297 g/mol. The minimum atomic E-state index is -0.331. The molecule has 0 heterocycles. The Bertz CT molecular complexity index is 621. The fourth-order valence-electron chi connectivity index (χ4n) is 1.97. The first-order chi connectivity index (χ1) is 10.6. The Morgan fingerprint density at radius 2 is 1.64 bits per heavy atom. The van der Waals surface area contributed by atoms with Crippen LogP contribution in [0.4, 0.5) is 0 Å². The highest BCUT2D eigenvalue weighted by Gasteiger charge is 2.07. The van der Waals surface area contributed by atoms with E-state index in [2.05, 4.69) is 5.32 Å². The zero-order chi connectivity index (χ0) is 15.8. The summed E-state index contributed by atoms with van der Waals surface area (Å²) >= 11 is 0. The molecule has 0 aromatic heterocycles. The largest absolute Gasteiger partial charge is 0.462 e. The van der Waals surface area contributed by atoms with E-state index in [4.69, 9.17) is 4.74 Å². The van der Waals surface area contributed by atoms with Crippen LogP contribution in [0.15, 0.2) is 54.6 Å². The van der Waals surface area contributed by atoms with Crippen LogP contribution in [0.2, 0.25) is 0 Å². The third kappa shape index (κ3) is 5.05. The number of ether oxygens (including phenoxy) is 1. The van der Waals surface area contributed by atoms with Gasteiger partial charge in [0.1, 0.15) is 0 Å². The van der Waals surface area contributed by atoms with Crippen molar-refractivity contribution in [2.24, 2.45) is 0 Å². The Morgan fingerprint density at radius 3 is 2.27 bits per heavy atom. The van der Waals surface area contributed by atoms with Gasteiger partial charge in [0, 0.05) is 19.9 Å². The molecule has 4 heteroatoms. The van der Waals surface area contributed by atoms with Crippen molar-refractivity contribution in [1.29, 1.82) is 0 Å². The molecule has 22 heavy (non-hydrogen) atoms. The van der Waals surface area contributed by atoms with Crippen LogP contribution < -0.4 is 5.32 Å². The van der Waals surface area contributed by atoms with Gasteiger partial charge in [0.05, 0.1) is 12.2 Å². The Kier molecular flexibility index (Phi) is 5.72. The fraction of sp³-hybridized carbons (Fsp3) is 0.222. The van der Waals surface area contributed by atoms with Gasteiger partial charge in [-0.3, -0.25) is 4.79 Å². The number of benzene rings is 2. The molecule has 0 aliphatic carbocycles. The standard InChI is InChI=1S/C18H19NO3/c1-14(20)19-13-16-7-9-17(10-8-16)18(21)22-12-11-15-5-3-2-4-6-15/h2-10H,11-13H2,1H3,(H,19,20). The third-order valence-corrected chi connectivity index (χ3v) is 3.20. The second-order valence-corrected chi connectivity index (χ2v) is 4.98. The van der Waals surface area contributed by atoms with Crippen molar-refractivity contribution < 1.29 is 14.3 Å². The minimum absolute atomic E-state index is 0.0793. The highest BCUT2D eigenvalue weighted by atomic mass is 16.5. The van der Waals surface area contributed by atoms with Gasteiger partial charge in [-0.1, -0.05) is 42.5 Å². The topological polar surface area (TPSA) is 55.4 Å². The average Bonchev–Trinajstić information content (AvgIpc) is 2.54. The van der Waals surface area contributed by atoms with E-state index in [0.717, 1.165) is 11.1 Å². The molecule has 1 amide bonds. The van der Waals surface area contributed by atoms with Crippen LogP contribution in [-0.4, -0.2) is 18.5 Å². The molecular weight excluding hydrogens is 278 g/mol. The van der Waals surface area contributed by atoms with Crippen molar-refractivity contribution in [3.63, 3.8) is 0 Å². The summed E-state index contributed by atoms with van der Waals surface area (Å²) in [6.45, 7) is 2.29. The molecule has 0 aliphatic heterocycles. The maximum absolute atomic E-state index is 11.9. The van der Waals surface area contributed by atoms with Crippen LogP contribution in [0.1, 0.15) is 28.4 Å². The smallest absolute Gasteiger partial charge is 0.338 e. The summed E-state index contributed by atoms with van der Waals surface area (Å²) in [4.78, 5) is 22.8. The second kappa shape index (κ2) is 7.98. The number of hydrogen-bond donors (Lipinski definition) is 1. The van der Waals surface area contributed by atoms with E-state index in [1.165, 1.54) is 6.92 Å². The third-order valence-electron chi connectivity index (χ3n) is 3.20. The normalized spacial score (nSPS) is 10.0. The zero-order valence-corrected chi connectivity index (χ0v) is 12.5. The van der Waals surface area contributed by atoms with Crippen LogP contribution in [0.3, 0.4) is 0 Å². The van der Waals surface area contributed by atoms with E-state index in [0.29, 0.717) is 25.1 Å². The van der Waals surface area contributed by atoms with Gasteiger partial charge in [-0.05, 0) is 23.3 Å². The molecule has 1 N–H and O–H groups in total. The van der Waals surface area contributed by atoms with Gasteiger partial charge in [-0.2, -0.15) is 0 Å². The summed E-state index contributed by atoms with van der Waals surface area (Å²) in [7, 11) is 0. The minimum Gasteiger partial charge on any atom is -0.462 e. The van der Waals surface area contributed by atoms with E-state index < -0.39 is 0 Å². The Hall–Kier alpha value is -2.62. The number of carbonyl (C=O) groups excluding carboxylic acids is 2. The molecule has 0 aliphatic rings. The Labute approximate surface area is 130 Å². The molecule has 0 spiro atoms. The second-order valence-electron chi connectivity index (χ2n) is 4.98. The van der Waals surface area contributed by atoms with Crippen molar-refractivity contribution in [3.8, 4) is 0 Å².